The molecule has 0 unspecified atom stereocenters. The molecule has 2 aromatic rings. The van der Waals surface area contributed by atoms with Crippen LogP contribution in [0.15, 0.2) is 42.6 Å². The largest absolute Gasteiger partial charge is 0.382 e. The van der Waals surface area contributed by atoms with Crippen LogP contribution in [0, 0.1) is 0 Å². The molecule has 0 spiro atoms. The highest BCUT2D eigenvalue weighted by molar-refractivity contribution is 5.24. The van der Waals surface area contributed by atoms with Gasteiger partial charge in [0, 0.05) is 13.2 Å². The third kappa shape index (κ3) is 1.54. The van der Waals surface area contributed by atoms with E-state index in [1.807, 2.05) is 43.4 Å². The molecule has 0 saturated carbocycles. The first-order chi connectivity index (χ1) is 6.79. The van der Waals surface area contributed by atoms with Crippen LogP contribution in [0.1, 0.15) is 17.4 Å². The summed E-state index contributed by atoms with van der Waals surface area (Å²) < 4.78 is 1.68. The minimum absolute atomic E-state index is 0.594. The topological polar surface area (TPSA) is 38.0 Å². The fraction of sp³-hybridized carbons (Fsp3) is 0.182. The molecule has 0 aliphatic heterocycles. The Morgan fingerprint density at radius 3 is 2.50 bits per heavy atom. The second-order valence-electron chi connectivity index (χ2n) is 3.19. The van der Waals surface area contributed by atoms with Crippen LogP contribution in [0.2, 0.25) is 0 Å². The minimum atomic E-state index is -0.594. The van der Waals surface area contributed by atoms with Gasteiger partial charge in [-0.05, 0) is 11.6 Å². The Bertz CT molecular complexity index is 408. The maximum absolute atomic E-state index is 10.0. The fourth-order valence-electron chi connectivity index (χ4n) is 1.46. The van der Waals surface area contributed by atoms with Crippen LogP contribution >= 0.6 is 0 Å². The minimum Gasteiger partial charge on any atom is -0.382 e. The Balaban J connectivity index is 2.34. The predicted octanol–water partition coefficient (Wildman–Crippen LogP) is 1.50. The van der Waals surface area contributed by atoms with Gasteiger partial charge in [0.05, 0.1) is 5.69 Å². The van der Waals surface area contributed by atoms with Crippen molar-refractivity contribution in [3.63, 3.8) is 0 Å². The lowest BCUT2D eigenvalue weighted by molar-refractivity contribution is 0.210. The molecule has 3 nitrogen and oxygen atoms in total. The number of aromatic nitrogens is 2. The monoisotopic (exact) mass is 188 g/mol. The molecule has 72 valence electrons. The van der Waals surface area contributed by atoms with Gasteiger partial charge in [-0.2, -0.15) is 5.10 Å². The van der Waals surface area contributed by atoms with Gasteiger partial charge in [-0.1, -0.05) is 30.3 Å². The molecule has 0 aliphatic rings. The summed E-state index contributed by atoms with van der Waals surface area (Å²) in [6, 6.07) is 11.4. The zero-order valence-corrected chi connectivity index (χ0v) is 7.96. The van der Waals surface area contributed by atoms with Crippen molar-refractivity contribution in [3.05, 3.63) is 53.9 Å². The van der Waals surface area contributed by atoms with Crippen molar-refractivity contribution in [1.82, 2.24) is 9.78 Å². The third-order valence-corrected chi connectivity index (χ3v) is 2.25. The second-order valence-corrected chi connectivity index (χ2v) is 3.19. The highest BCUT2D eigenvalue weighted by atomic mass is 16.3. The number of aliphatic hydroxyl groups excluding tert-OH is 1. The summed E-state index contributed by atoms with van der Waals surface area (Å²) in [5, 5.41) is 14.0. The van der Waals surface area contributed by atoms with Gasteiger partial charge < -0.3 is 5.11 Å². The molecule has 2 rings (SSSR count). The Morgan fingerprint density at radius 2 is 1.93 bits per heavy atom. The van der Waals surface area contributed by atoms with Crippen molar-refractivity contribution in [2.24, 2.45) is 7.05 Å². The van der Waals surface area contributed by atoms with Gasteiger partial charge in [0.25, 0.3) is 0 Å². The molecule has 0 radical (unpaired) electrons. The SMILES string of the molecule is Cn1nccc1[C@@H](O)c1ccccc1. The van der Waals surface area contributed by atoms with E-state index in [0.717, 1.165) is 11.3 Å². The van der Waals surface area contributed by atoms with Crippen molar-refractivity contribution >= 4 is 0 Å². The molecule has 1 heterocycles. The van der Waals surface area contributed by atoms with Gasteiger partial charge in [-0.3, -0.25) is 4.68 Å². The van der Waals surface area contributed by atoms with Crippen LogP contribution in [0.3, 0.4) is 0 Å². The van der Waals surface area contributed by atoms with Crippen LogP contribution in [0.4, 0.5) is 0 Å². The van der Waals surface area contributed by atoms with E-state index in [9.17, 15) is 5.11 Å². The van der Waals surface area contributed by atoms with E-state index >= 15 is 0 Å². The first-order valence-electron chi connectivity index (χ1n) is 4.50. The normalized spacial score (nSPS) is 12.7. The predicted molar refractivity (Wildman–Crippen MR) is 53.7 cm³/mol. The van der Waals surface area contributed by atoms with Crippen LogP contribution in [-0.4, -0.2) is 14.9 Å². The highest BCUT2D eigenvalue weighted by Gasteiger charge is 2.12. The van der Waals surface area contributed by atoms with Gasteiger partial charge in [-0.25, -0.2) is 0 Å². The van der Waals surface area contributed by atoms with Crippen LogP contribution in [0.25, 0.3) is 0 Å². The average Bonchev–Trinajstić information content (AvgIpc) is 2.65. The molecule has 14 heavy (non-hydrogen) atoms. The molecule has 0 amide bonds. The van der Waals surface area contributed by atoms with E-state index in [0.29, 0.717) is 0 Å². The number of rotatable bonds is 2. The number of hydrogen-bond donors (Lipinski definition) is 1. The number of nitrogens with zero attached hydrogens (tertiary/aromatic N) is 2. The zero-order chi connectivity index (χ0) is 9.97. The van der Waals surface area contributed by atoms with E-state index in [1.165, 1.54) is 0 Å². The summed E-state index contributed by atoms with van der Waals surface area (Å²) in [5.74, 6) is 0. The summed E-state index contributed by atoms with van der Waals surface area (Å²) in [5.41, 5.74) is 1.69. The number of aryl methyl sites for hydroxylation is 1. The maximum atomic E-state index is 10.0. The van der Waals surface area contributed by atoms with Gasteiger partial charge in [0.2, 0.25) is 0 Å². The smallest absolute Gasteiger partial charge is 0.121 e. The second kappa shape index (κ2) is 3.64. The third-order valence-electron chi connectivity index (χ3n) is 2.25. The fourth-order valence-corrected chi connectivity index (χ4v) is 1.46. The molecule has 1 N–H and O–H groups in total. The maximum Gasteiger partial charge on any atom is 0.121 e. The van der Waals surface area contributed by atoms with Crippen molar-refractivity contribution < 1.29 is 5.11 Å². The molecule has 0 fully saturated rings. The molecule has 0 saturated heterocycles. The Labute approximate surface area is 82.6 Å². The first kappa shape index (κ1) is 8.97. The van der Waals surface area contributed by atoms with Crippen molar-refractivity contribution in [1.29, 1.82) is 0 Å². The van der Waals surface area contributed by atoms with Gasteiger partial charge in [0.15, 0.2) is 0 Å². The molecule has 1 aromatic heterocycles. The number of hydrogen-bond acceptors (Lipinski definition) is 2. The lowest BCUT2D eigenvalue weighted by Crippen LogP contribution is -2.06. The molecule has 1 aromatic carbocycles. The summed E-state index contributed by atoms with van der Waals surface area (Å²) in [4.78, 5) is 0. The van der Waals surface area contributed by atoms with E-state index in [2.05, 4.69) is 5.10 Å². The standard InChI is InChI=1S/C11H12N2O/c1-13-10(7-8-12-13)11(14)9-5-3-2-4-6-9/h2-8,11,14H,1H3/t11-/m0/s1. The van der Waals surface area contributed by atoms with Gasteiger partial charge >= 0.3 is 0 Å². The molecule has 3 heteroatoms. The quantitative estimate of drug-likeness (QED) is 0.775. The van der Waals surface area contributed by atoms with E-state index in [1.54, 1.807) is 10.9 Å². The molecular formula is C11H12N2O. The summed E-state index contributed by atoms with van der Waals surface area (Å²) in [6.07, 6.45) is 1.09. The molecule has 0 bridgehead atoms. The Kier molecular flexibility index (Phi) is 2.33. The van der Waals surface area contributed by atoms with E-state index in [4.69, 9.17) is 0 Å². The zero-order valence-electron chi connectivity index (χ0n) is 7.96. The van der Waals surface area contributed by atoms with Gasteiger partial charge in [0.1, 0.15) is 6.10 Å². The van der Waals surface area contributed by atoms with E-state index in [-0.39, 0.29) is 0 Å². The Hall–Kier alpha value is -1.61. The molecule has 1 atom stereocenters. The van der Waals surface area contributed by atoms with Crippen LogP contribution in [0.5, 0.6) is 0 Å². The lowest BCUT2D eigenvalue weighted by atomic mass is 10.1. The first-order valence-corrected chi connectivity index (χ1v) is 4.50. The Morgan fingerprint density at radius 1 is 1.21 bits per heavy atom. The van der Waals surface area contributed by atoms with Crippen LogP contribution in [-0.2, 0) is 7.05 Å². The average molecular weight is 188 g/mol. The van der Waals surface area contributed by atoms with E-state index < -0.39 is 6.10 Å². The summed E-state index contributed by atoms with van der Waals surface area (Å²) in [7, 11) is 1.82. The van der Waals surface area contributed by atoms with Gasteiger partial charge in [-0.15, -0.1) is 0 Å². The number of benzene rings is 1. The lowest BCUT2D eigenvalue weighted by Gasteiger charge is -2.10. The highest BCUT2D eigenvalue weighted by Crippen LogP contribution is 2.20. The number of aliphatic hydroxyl groups is 1. The molecule has 0 aliphatic carbocycles. The van der Waals surface area contributed by atoms with Crippen molar-refractivity contribution in [3.8, 4) is 0 Å². The van der Waals surface area contributed by atoms with Crippen LogP contribution < -0.4 is 0 Å². The molecular weight excluding hydrogens is 176 g/mol. The van der Waals surface area contributed by atoms with Crippen molar-refractivity contribution in [2.45, 2.75) is 6.10 Å². The summed E-state index contributed by atoms with van der Waals surface area (Å²) in [6.45, 7) is 0. The van der Waals surface area contributed by atoms with Crippen molar-refractivity contribution in [2.75, 3.05) is 0 Å². The summed E-state index contributed by atoms with van der Waals surface area (Å²) >= 11 is 0.